The summed E-state index contributed by atoms with van der Waals surface area (Å²) >= 11 is 0. The van der Waals surface area contributed by atoms with E-state index in [0.29, 0.717) is 17.7 Å². The predicted molar refractivity (Wildman–Crippen MR) is 96.6 cm³/mol. The van der Waals surface area contributed by atoms with Gasteiger partial charge in [-0.05, 0) is 42.3 Å². The minimum Gasteiger partial charge on any atom is -0.497 e. The summed E-state index contributed by atoms with van der Waals surface area (Å²) in [5, 5.41) is 23.4. The Morgan fingerprint density at radius 2 is 1.73 bits per heavy atom. The SMILES string of the molecule is COc1ccc([C@H]2C[C@@H](O)[C@@H](O)[C@@H]2NC(=O)c2cccc(OC)c2)cc1. The van der Waals surface area contributed by atoms with E-state index in [1.807, 2.05) is 24.3 Å². The molecule has 6 heteroatoms. The number of benzene rings is 2. The van der Waals surface area contributed by atoms with Crippen LogP contribution in [-0.4, -0.2) is 48.6 Å². The monoisotopic (exact) mass is 357 g/mol. The fourth-order valence-corrected chi connectivity index (χ4v) is 3.40. The van der Waals surface area contributed by atoms with Gasteiger partial charge in [-0.15, -0.1) is 0 Å². The molecule has 6 nitrogen and oxygen atoms in total. The molecule has 3 rings (SSSR count). The molecule has 1 aliphatic carbocycles. The Morgan fingerprint density at radius 1 is 1.04 bits per heavy atom. The lowest BCUT2D eigenvalue weighted by Gasteiger charge is -2.24. The maximum absolute atomic E-state index is 12.6. The van der Waals surface area contributed by atoms with E-state index >= 15 is 0 Å². The molecular weight excluding hydrogens is 334 g/mol. The molecule has 0 heterocycles. The lowest BCUT2D eigenvalue weighted by atomic mass is 9.93. The Balaban J connectivity index is 1.81. The van der Waals surface area contributed by atoms with Crippen LogP contribution in [0.25, 0.3) is 0 Å². The van der Waals surface area contributed by atoms with Gasteiger partial charge in [-0.1, -0.05) is 18.2 Å². The second kappa shape index (κ2) is 7.76. The van der Waals surface area contributed by atoms with Crippen molar-refractivity contribution in [1.82, 2.24) is 5.32 Å². The van der Waals surface area contributed by atoms with Crippen LogP contribution in [0, 0.1) is 0 Å². The lowest BCUT2D eigenvalue weighted by Crippen LogP contribution is -2.45. The molecule has 2 aromatic rings. The van der Waals surface area contributed by atoms with Crippen molar-refractivity contribution in [3.8, 4) is 11.5 Å². The van der Waals surface area contributed by atoms with E-state index in [1.54, 1.807) is 31.4 Å². The van der Waals surface area contributed by atoms with Crippen LogP contribution in [0.2, 0.25) is 0 Å². The molecule has 3 N–H and O–H groups in total. The van der Waals surface area contributed by atoms with Gasteiger partial charge in [0, 0.05) is 11.5 Å². The molecule has 0 bridgehead atoms. The van der Waals surface area contributed by atoms with Crippen LogP contribution >= 0.6 is 0 Å². The number of aliphatic hydroxyl groups excluding tert-OH is 2. The van der Waals surface area contributed by atoms with Crippen molar-refractivity contribution in [2.45, 2.75) is 30.6 Å². The zero-order valence-electron chi connectivity index (χ0n) is 14.8. The van der Waals surface area contributed by atoms with Crippen molar-refractivity contribution in [2.24, 2.45) is 0 Å². The summed E-state index contributed by atoms with van der Waals surface area (Å²) in [6.07, 6.45) is -1.55. The van der Waals surface area contributed by atoms with Crippen LogP contribution in [0.4, 0.5) is 0 Å². The Morgan fingerprint density at radius 3 is 2.38 bits per heavy atom. The highest BCUT2D eigenvalue weighted by Gasteiger charge is 2.43. The fourth-order valence-electron chi connectivity index (χ4n) is 3.40. The smallest absolute Gasteiger partial charge is 0.251 e. The molecule has 1 amide bonds. The van der Waals surface area contributed by atoms with Crippen LogP contribution in [0.15, 0.2) is 48.5 Å². The molecule has 1 saturated carbocycles. The zero-order chi connectivity index (χ0) is 18.7. The van der Waals surface area contributed by atoms with E-state index < -0.39 is 18.2 Å². The molecule has 4 atom stereocenters. The van der Waals surface area contributed by atoms with Crippen molar-refractivity contribution in [3.05, 3.63) is 59.7 Å². The van der Waals surface area contributed by atoms with Crippen molar-refractivity contribution >= 4 is 5.91 Å². The van der Waals surface area contributed by atoms with Gasteiger partial charge in [0.05, 0.1) is 26.4 Å². The highest BCUT2D eigenvalue weighted by atomic mass is 16.5. The number of amides is 1. The highest BCUT2D eigenvalue weighted by Crippen LogP contribution is 2.36. The van der Waals surface area contributed by atoms with Crippen LogP contribution < -0.4 is 14.8 Å². The summed E-state index contributed by atoms with van der Waals surface area (Å²) in [4.78, 5) is 12.6. The first-order valence-electron chi connectivity index (χ1n) is 8.48. The summed E-state index contributed by atoms with van der Waals surface area (Å²) in [7, 11) is 3.13. The maximum Gasteiger partial charge on any atom is 0.251 e. The Kier molecular flexibility index (Phi) is 5.44. The topological polar surface area (TPSA) is 88.0 Å². The van der Waals surface area contributed by atoms with E-state index in [0.717, 1.165) is 11.3 Å². The number of methoxy groups -OCH3 is 2. The quantitative estimate of drug-likeness (QED) is 0.758. The normalized spacial score (nSPS) is 24.9. The molecule has 1 aliphatic rings. The maximum atomic E-state index is 12.6. The molecule has 0 saturated heterocycles. The van der Waals surface area contributed by atoms with E-state index in [2.05, 4.69) is 5.32 Å². The molecule has 0 aliphatic heterocycles. The summed E-state index contributed by atoms with van der Waals surface area (Å²) < 4.78 is 10.3. The van der Waals surface area contributed by atoms with Gasteiger partial charge in [0.1, 0.15) is 17.6 Å². The van der Waals surface area contributed by atoms with Gasteiger partial charge in [-0.3, -0.25) is 4.79 Å². The Bertz CT molecular complexity index is 761. The first kappa shape index (κ1) is 18.2. The minimum atomic E-state index is -1.03. The van der Waals surface area contributed by atoms with Gasteiger partial charge >= 0.3 is 0 Å². The molecular formula is C20H23NO5. The number of rotatable bonds is 5. The predicted octanol–water partition coefficient (Wildman–Crippen LogP) is 1.71. The Hall–Kier alpha value is -2.57. The average Bonchev–Trinajstić information content (AvgIpc) is 2.96. The van der Waals surface area contributed by atoms with E-state index in [9.17, 15) is 15.0 Å². The molecule has 0 unspecified atom stereocenters. The van der Waals surface area contributed by atoms with Crippen molar-refractivity contribution in [2.75, 3.05) is 14.2 Å². The Labute approximate surface area is 152 Å². The molecule has 26 heavy (non-hydrogen) atoms. The van der Waals surface area contributed by atoms with Crippen LogP contribution in [0.5, 0.6) is 11.5 Å². The molecule has 138 valence electrons. The van der Waals surface area contributed by atoms with Crippen molar-refractivity contribution in [1.29, 1.82) is 0 Å². The summed E-state index contributed by atoms with van der Waals surface area (Å²) in [6.45, 7) is 0. The third-order valence-corrected chi connectivity index (χ3v) is 4.86. The largest absolute Gasteiger partial charge is 0.497 e. The first-order chi connectivity index (χ1) is 12.5. The van der Waals surface area contributed by atoms with E-state index in [4.69, 9.17) is 9.47 Å². The minimum absolute atomic E-state index is 0.194. The fraction of sp³-hybridized carbons (Fsp3) is 0.350. The van der Waals surface area contributed by atoms with Gasteiger partial charge in [0.15, 0.2) is 0 Å². The first-order valence-corrected chi connectivity index (χ1v) is 8.48. The van der Waals surface area contributed by atoms with Crippen LogP contribution in [-0.2, 0) is 0 Å². The number of nitrogens with one attached hydrogen (secondary N) is 1. The van der Waals surface area contributed by atoms with Crippen molar-refractivity contribution in [3.63, 3.8) is 0 Å². The number of aliphatic hydroxyl groups is 2. The van der Waals surface area contributed by atoms with Gasteiger partial charge in [-0.2, -0.15) is 0 Å². The lowest BCUT2D eigenvalue weighted by molar-refractivity contribution is 0.0294. The third-order valence-electron chi connectivity index (χ3n) is 4.86. The van der Waals surface area contributed by atoms with E-state index in [-0.39, 0.29) is 11.8 Å². The highest BCUT2D eigenvalue weighted by molar-refractivity contribution is 5.94. The van der Waals surface area contributed by atoms with Crippen LogP contribution in [0.1, 0.15) is 28.3 Å². The van der Waals surface area contributed by atoms with Crippen LogP contribution in [0.3, 0.4) is 0 Å². The molecule has 0 spiro atoms. The second-order valence-corrected chi connectivity index (χ2v) is 6.40. The van der Waals surface area contributed by atoms with Crippen molar-refractivity contribution < 1.29 is 24.5 Å². The second-order valence-electron chi connectivity index (χ2n) is 6.40. The molecule has 2 aromatic carbocycles. The molecule has 0 radical (unpaired) electrons. The number of hydrogen-bond donors (Lipinski definition) is 3. The molecule has 1 fully saturated rings. The van der Waals surface area contributed by atoms with Gasteiger partial charge in [-0.25, -0.2) is 0 Å². The number of carbonyl (C=O) groups is 1. The third kappa shape index (κ3) is 3.66. The number of carbonyl (C=O) groups excluding carboxylic acids is 1. The van der Waals surface area contributed by atoms with E-state index in [1.165, 1.54) is 7.11 Å². The number of ether oxygens (including phenoxy) is 2. The van der Waals surface area contributed by atoms with Gasteiger partial charge in [0.2, 0.25) is 0 Å². The number of hydrogen-bond acceptors (Lipinski definition) is 5. The van der Waals surface area contributed by atoms with Gasteiger partial charge in [0.25, 0.3) is 5.91 Å². The summed E-state index contributed by atoms with van der Waals surface area (Å²) in [5.41, 5.74) is 1.36. The zero-order valence-corrected chi connectivity index (χ0v) is 14.8. The average molecular weight is 357 g/mol. The summed E-state index contributed by atoms with van der Waals surface area (Å²) in [6, 6.07) is 13.6. The standard InChI is InChI=1S/C20H23NO5/c1-25-14-8-6-12(7-9-14)16-11-17(22)19(23)18(16)21-20(24)13-4-3-5-15(10-13)26-2/h3-10,16-19,22-23H,11H2,1-2H3,(H,21,24)/t16-,17-,18-,19-/m1/s1. The van der Waals surface area contributed by atoms with Gasteiger partial charge < -0.3 is 25.0 Å². The summed E-state index contributed by atoms with van der Waals surface area (Å²) in [5.74, 6) is 0.794. The molecule has 0 aromatic heterocycles.